The highest BCUT2D eigenvalue weighted by Crippen LogP contribution is 2.26. The number of carbonyl (C=O) groups is 1. The van der Waals surface area contributed by atoms with Crippen LogP contribution in [0.3, 0.4) is 0 Å². The van der Waals surface area contributed by atoms with Crippen LogP contribution in [0.4, 0.5) is 0 Å². The third kappa shape index (κ3) is 5.04. The van der Waals surface area contributed by atoms with E-state index in [0.29, 0.717) is 19.6 Å². The fourth-order valence-corrected chi connectivity index (χ4v) is 2.13. The van der Waals surface area contributed by atoms with Gasteiger partial charge in [0, 0.05) is 13.0 Å². The number of hydrogen-bond acceptors (Lipinski definition) is 3. The smallest absolute Gasteiger partial charge is 0.220 e. The van der Waals surface area contributed by atoms with Gasteiger partial charge in [0.15, 0.2) is 0 Å². The Morgan fingerprint density at radius 3 is 2.71 bits per heavy atom. The van der Waals surface area contributed by atoms with Gasteiger partial charge in [0.2, 0.25) is 5.91 Å². The number of carbonyl (C=O) groups excluding carboxylic acids is 1. The van der Waals surface area contributed by atoms with E-state index < -0.39 is 0 Å². The predicted molar refractivity (Wildman–Crippen MR) is 68.7 cm³/mol. The normalized spacial score (nSPS) is 24.9. The molecule has 1 saturated heterocycles. The maximum atomic E-state index is 11.9. The summed E-state index contributed by atoms with van der Waals surface area (Å²) < 4.78 is 5.31. The van der Waals surface area contributed by atoms with E-state index in [4.69, 9.17) is 10.5 Å². The summed E-state index contributed by atoms with van der Waals surface area (Å²) in [6, 6.07) is 0. The molecule has 0 aromatic carbocycles. The molecule has 3 N–H and O–H groups in total. The van der Waals surface area contributed by atoms with E-state index in [1.165, 1.54) is 0 Å². The van der Waals surface area contributed by atoms with E-state index in [2.05, 4.69) is 19.2 Å². The van der Waals surface area contributed by atoms with Crippen LogP contribution in [0, 0.1) is 5.41 Å². The van der Waals surface area contributed by atoms with Crippen molar-refractivity contribution in [2.75, 3.05) is 19.8 Å². The Bertz CT molecular complexity index is 258. The second kappa shape index (κ2) is 5.83. The van der Waals surface area contributed by atoms with Gasteiger partial charge in [-0.2, -0.15) is 0 Å². The average molecular weight is 242 g/mol. The second-order valence-electron chi connectivity index (χ2n) is 6.11. The Hall–Kier alpha value is -0.610. The first-order valence-corrected chi connectivity index (χ1v) is 6.46. The van der Waals surface area contributed by atoms with Crippen molar-refractivity contribution in [1.29, 1.82) is 0 Å². The van der Waals surface area contributed by atoms with E-state index in [0.717, 1.165) is 25.9 Å². The van der Waals surface area contributed by atoms with Gasteiger partial charge < -0.3 is 15.8 Å². The number of hydrogen-bond donors (Lipinski definition) is 2. The Morgan fingerprint density at radius 2 is 2.18 bits per heavy atom. The van der Waals surface area contributed by atoms with E-state index in [1.807, 2.05) is 6.92 Å². The van der Waals surface area contributed by atoms with E-state index in [-0.39, 0.29) is 16.9 Å². The Kier molecular flexibility index (Phi) is 4.95. The van der Waals surface area contributed by atoms with Gasteiger partial charge >= 0.3 is 0 Å². The topological polar surface area (TPSA) is 64.4 Å². The summed E-state index contributed by atoms with van der Waals surface area (Å²) in [5, 5.41) is 3.07. The Morgan fingerprint density at radius 1 is 1.47 bits per heavy atom. The number of ether oxygens (including phenoxy) is 1. The maximum Gasteiger partial charge on any atom is 0.220 e. The Balaban J connectivity index is 2.30. The SMILES string of the molecule is CC(C)(CCN)CCC(=O)NC1(C)CCOC1. The minimum absolute atomic E-state index is 0.128. The monoisotopic (exact) mass is 242 g/mol. The summed E-state index contributed by atoms with van der Waals surface area (Å²) in [7, 11) is 0. The molecule has 0 spiro atoms. The standard InChI is InChI=1S/C13H26N2O2/c1-12(2,6-8-14)5-4-11(16)15-13(3)7-9-17-10-13/h4-10,14H2,1-3H3,(H,15,16). The summed E-state index contributed by atoms with van der Waals surface area (Å²) in [4.78, 5) is 11.9. The molecule has 1 unspecified atom stereocenters. The first-order chi connectivity index (χ1) is 7.87. The van der Waals surface area contributed by atoms with Gasteiger partial charge in [0.25, 0.3) is 0 Å². The van der Waals surface area contributed by atoms with Crippen molar-refractivity contribution < 1.29 is 9.53 Å². The van der Waals surface area contributed by atoms with Crippen LogP contribution in [-0.4, -0.2) is 31.2 Å². The van der Waals surface area contributed by atoms with Gasteiger partial charge in [-0.05, 0) is 38.1 Å². The molecule has 1 aliphatic rings. The second-order valence-corrected chi connectivity index (χ2v) is 6.11. The van der Waals surface area contributed by atoms with Crippen molar-refractivity contribution in [3.05, 3.63) is 0 Å². The molecule has 1 atom stereocenters. The van der Waals surface area contributed by atoms with Crippen LogP contribution in [-0.2, 0) is 9.53 Å². The lowest BCUT2D eigenvalue weighted by atomic mass is 9.84. The number of nitrogens with one attached hydrogen (secondary N) is 1. The summed E-state index contributed by atoms with van der Waals surface area (Å²) >= 11 is 0. The van der Waals surface area contributed by atoms with Crippen LogP contribution in [0.25, 0.3) is 0 Å². The molecule has 4 heteroatoms. The summed E-state index contributed by atoms with van der Waals surface area (Å²) in [5.41, 5.74) is 5.55. The molecule has 1 heterocycles. The predicted octanol–water partition coefficient (Wildman–Crippen LogP) is 1.44. The highest BCUT2D eigenvalue weighted by atomic mass is 16.5. The zero-order valence-electron chi connectivity index (χ0n) is 11.3. The molecule has 1 amide bonds. The molecule has 0 aliphatic carbocycles. The van der Waals surface area contributed by atoms with Crippen LogP contribution in [0.2, 0.25) is 0 Å². The lowest BCUT2D eigenvalue weighted by Gasteiger charge is -2.26. The van der Waals surface area contributed by atoms with Crippen molar-refractivity contribution in [2.45, 2.75) is 52.0 Å². The highest BCUT2D eigenvalue weighted by molar-refractivity contribution is 5.76. The molecule has 1 rings (SSSR count). The van der Waals surface area contributed by atoms with Crippen LogP contribution in [0.15, 0.2) is 0 Å². The molecule has 17 heavy (non-hydrogen) atoms. The number of rotatable bonds is 6. The summed E-state index contributed by atoms with van der Waals surface area (Å²) in [6.45, 7) is 8.42. The lowest BCUT2D eigenvalue weighted by Crippen LogP contribution is -2.46. The molecule has 1 fully saturated rings. The minimum atomic E-state index is -0.158. The molecule has 0 saturated carbocycles. The molecule has 0 aromatic rings. The van der Waals surface area contributed by atoms with Crippen LogP contribution in [0.1, 0.15) is 46.5 Å². The molecular weight excluding hydrogens is 216 g/mol. The first-order valence-electron chi connectivity index (χ1n) is 6.46. The van der Waals surface area contributed by atoms with E-state index >= 15 is 0 Å². The first kappa shape index (κ1) is 14.5. The molecular formula is C13H26N2O2. The fraction of sp³-hybridized carbons (Fsp3) is 0.923. The largest absolute Gasteiger partial charge is 0.379 e. The van der Waals surface area contributed by atoms with Crippen molar-refractivity contribution in [3.63, 3.8) is 0 Å². The zero-order valence-corrected chi connectivity index (χ0v) is 11.3. The number of nitrogens with two attached hydrogens (primary N) is 1. The van der Waals surface area contributed by atoms with E-state index in [9.17, 15) is 4.79 Å². The van der Waals surface area contributed by atoms with Gasteiger partial charge in [0.1, 0.15) is 0 Å². The van der Waals surface area contributed by atoms with Crippen LogP contribution in [0.5, 0.6) is 0 Å². The third-order valence-electron chi connectivity index (χ3n) is 3.51. The van der Waals surface area contributed by atoms with Crippen molar-refractivity contribution in [3.8, 4) is 0 Å². The van der Waals surface area contributed by atoms with Gasteiger partial charge in [-0.3, -0.25) is 4.79 Å². The molecule has 0 radical (unpaired) electrons. The Labute approximate surface area is 104 Å². The van der Waals surface area contributed by atoms with Crippen LogP contribution >= 0.6 is 0 Å². The molecule has 1 aliphatic heterocycles. The molecule has 100 valence electrons. The van der Waals surface area contributed by atoms with E-state index in [1.54, 1.807) is 0 Å². The third-order valence-corrected chi connectivity index (χ3v) is 3.51. The highest BCUT2D eigenvalue weighted by Gasteiger charge is 2.31. The van der Waals surface area contributed by atoms with Gasteiger partial charge in [-0.25, -0.2) is 0 Å². The van der Waals surface area contributed by atoms with Crippen molar-refractivity contribution in [1.82, 2.24) is 5.32 Å². The minimum Gasteiger partial charge on any atom is -0.379 e. The fourth-order valence-electron chi connectivity index (χ4n) is 2.13. The lowest BCUT2D eigenvalue weighted by molar-refractivity contribution is -0.123. The maximum absolute atomic E-state index is 11.9. The molecule has 0 bridgehead atoms. The summed E-state index contributed by atoms with van der Waals surface area (Å²) in [6.07, 6.45) is 3.32. The van der Waals surface area contributed by atoms with Gasteiger partial charge in [-0.1, -0.05) is 13.8 Å². The van der Waals surface area contributed by atoms with Gasteiger partial charge in [0.05, 0.1) is 12.1 Å². The molecule has 4 nitrogen and oxygen atoms in total. The van der Waals surface area contributed by atoms with Gasteiger partial charge in [-0.15, -0.1) is 0 Å². The zero-order chi connectivity index (χ0) is 12.9. The quantitative estimate of drug-likeness (QED) is 0.740. The average Bonchev–Trinajstić information content (AvgIpc) is 2.62. The molecule has 0 aromatic heterocycles. The van der Waals surface area contributed by atoms with Crippen molar-refractivity contribution >= 4 is 5.91 Å². The van der Waals surface area contributed by atoms with Crippen molar-refractivity contribution in [2.24, 2.45) is 11.1 Å². The number of amides is 1. The van der Waals surface area contributed by atoms with Crippen LogP contribution < -0.4 is 11.1 Å². The summed E-state index contributed by atoms with van der Waals surface area (Å²) in [5.74, 6) is 0.128.